The van der Waals surface area contributed by atoms with E-state index < -0.39 is 5.24 Å². The van der Waals surface area contributed by atoms with Gasteiger partial charge in [0.15, 0.2) is 10.8 Å². The molecule has 1 N–H and O–H groups in total. The molecule has 1 amide bonds. The number of oxime groups is 1. The summed E-state index contributed by atoms with van der Waals surface area (Å²) in [4.78, 5) is 29.4. The predicted octanol–water partition coefficient (Wildman–Crippen LogP) is 1.25. The summed E-state index contributed by atoms with van der Waals surface area (Å²) in [5.74, 6) is 0. The van der Waals surface area contributed by atoms with Crippen LogP contribution in [0.5, 0.6) is 0 Å². The average molecular weight is 284 g/mol. The first-order valence-corrected chi connectivity index (χ1v) is 4.92. The van der Waals surface area contributed by atoms with Crippen molar-refractivity contribution in [3.05, 3.63) is 11.1 Å². The highest BCUT2D eigenvalue weighted by Crippen LogP contribution is 2.16. The van der Waals surface area contributed by atoms with Crippen molar-refractivity contribution in [2.24, 2.45) is 5.16 Å². The monoisotopic (exact) mass is 283 g/mol. The number of rotatable bonds is 5. The molecule has 0 unspecified atom stereocenters. The molecule has 0 bridgehead atoms. The molecule has 0 aliphatic carbocycles. The minimum absolute atomic E-state index is 0. The summed E-state index contributed by atoms with van der Waals surface area (Å²) >= 11 is 6.41. The van der Waals surface area contributed by atoms with Crippen molar-refractivity contribution < 1.29 is 14.4 Å². The SMILES string of the molecule is CO/N=C(\C(=O)Cl)c1csc(NC=O)n1.Cl. The van der Waals surface area contributed by atoms with Crippen molar-refractivity contribution in [3.63, 3.8) is 0 Å². The van der Waals surface area contributed by atoms with Gasteiger partial charge < -0.3 is 10.2 Å². The van der Waals surface area contributed by atoms with Gasteiger partial charge >= 0.3 is 0 Å². The minimum atomic E-state index is -0.778. The number of thiazole rings is 1. The molecular weight excluding hydrogens is 277 g/mol. The second kappa shape index (κ2) is 7.15. The first kappa shape index (κ1) is 14.8. The Bertz CT molecular complexity index is 407. The van der Waals surface area contributed by atoms with E-state index in [2.05, 4.69) is 20.3 Å². The van der Waals surface area contributed by atoms with Gasteiger partial charge in [-0.2, -0.15) is 0 Å². The highest BCUT2D eigenvalue weighted by Gasteiger charge is 2.16. The molecule has 9 heteroatoms. The van der Waals surface area contributed by atoms with Gasteiger partial charge in [-0.25, -0.2) is 4.98 Å². The van der Waals surface area contributed by atoms with Crippen LogP contribution in [0.2, 0.25) is 0 Å². The number of hydrogen-bond acceptors (Lipinski definition) is 6. The second-order valence-electron chi connectivity index (χ2n) is 2.20. The molecule has 1 heterocycles. The molecule has 16 heavy (non-hydrogen) atoms. The fraction of sp³-hybridized carbons (Fsp3) is 0.143. The number of halogens is 2. The van der Waals surface area contributed by atoms with E-state index in [0.29, 0.717) is 11.5 Å². The first-order chi connectivity index (χ1) is 7.19. The topological polar surface area (TPSA) is 80.6 Å². The number of carbonyl (C=O) groups is 2. The van der Waals surface area contributed by atoms with E-state index in [9.17, 15) is 9.59 Å². The summed E-state index contributed by atoms with van der Waals surface area (Å²) in [7, 11) is 1.29. The van der Waals surface area contributed by atoms with Crippen LogP contribution >= 0.6 is 35.3 Å². The maximum atomic E-state index is 10.9. The van der Waals surface area contributed by atoms with Crippen LogP contribution in [-0.2, 0) is 14.4 Å². The number of amides is 1. The van der Waals surface area contributed by atoms with Gasteiger partial charge in [-0.1, -0.05) is 5.16 Å². The maximum Gasteiger partial charge on any atom is 0.276 e. The molecule has 0 aliphatic heterocycles. The van der Waals surface area contributed by atoms with Crippen molar-refractivity contribution in [3.8, 4) is 0 Å². The van der Waals surface area contributed by atoms with Crippen LogP contribution < -0.4 is 5.32 Å². The third-order valence-electron chi connectivity index (χ3n) is 1.30. The van der Waals surface area contributed by atoms with Crippen LogP contribution in [0.25, 0.3) is 0 Å². The molecule has 1 rings (SSSR count). The van der Waals surface area contributed by atoms with Crippen molar-refractivity contribution in [1.82, 2.24) is 4.98 Å². The lowest BCUT2D eigenvalue weighted by Crippen LogP contribution is -2.10. The van der Waals surface area contributed by atoms with Gasteiger partial charge in [-0.15, -0.1) is 23.7 Å². The number of hydrogen-bond donors (Lipinski definition) is 1. The first-order valence-electron chi connectivity index (χ1n) is 3.66. The summed E-state index contributed by atoms with van der Waals surface area (Å²) in [5, 5.41) is 6.87. The van der Waals surface area contributed by atoms with Crippen LogP contribution in [0.15, 0.2) is 10.5 Å². The molecule has 0 aromatic carbocycles. The average Bonchev–Trinajstić information content (AvgIpc) is 2.62. The summed E-state index contributed by atoms with van der Waals surface area (Å²) in [6.45, 7) is 0. The highest BCUT2D eigenvalue weighted by atomic mass is 35.5. The van der Waals surface area contributed by atoms with Gasteiger partial charge in [0.2, 0.25) is 6.41 Å². The lowest BCUT2D eigenvalue weighted by molar-refractivity contribution is -0.106. The zero-order valence-electron chi connectivity index (χ0n) is 7.97. The predicted molar refractivity (Wildman–Crippen MR) is 63.5 cm³/mol. The Hall–Kier alpha value is -1.18. The van der Waals surface area contributed by atoms with Gasteiger partial charge in [-0.3, -0.25) is 9.59 Å². The molecule has 0 fully saturated rings. The minimum Gasteiger partial charge on any atom is -0.398 e. The molecule has 88 valence electrons. The zero-order valence-corrected chi connectivity index (χ0v) is 10.4. The Morgan fingerprint density at radius 2 is 2.44 bits per heavy atom. The van der Waals surface area contributed by atoms with Crippen LogP contribution in [0.3, 0.4) is 0 Å². The molecule has 0 saturated carbocycles. The lowest BCUT2D eigenvalue weighted by atomic mass is 10.3. The second-order valence-corrected chi connectivity index (χ2v) is 3.40. The number of aromatic nitrogens is 1. The Kier molecular flexibility index (Phi) is 6.63. The molecular formula is C7H7Cl2N3O3S. The number of carbonyl (C=O) groups excluding carboxylic acids is 2. The standard InChI is InChI=1S/C7H6ClN3O3S.ClH/c1-14-11-5(6(8)13)4-2-15-7(10-4)9-3-12;/h2-3H,1H3,(H,9,10,12);1H/b11-5-;. The van der Waals surface area contributed by atoms with Gasteiger partial charge in [0.25, 0.3) is 5.24 Å². The third-order valence-corrected chi connectivity index (χ3v) is 2.25. The van der Waals surface area contributed by atoms with Crippen LogP contribution in [0.1, 0.15) is 5.69 Å². The maximum absolute atomic E-state index is 10.9. The van der Waals surface area contributed by atoms with E-state index in [4.69, 9.17) is 11.6 Å². The molecule has 1 aromatic heterocycles. The van der Waals surface area contributed by atoms with Crippen LogP contribution in [-0.4, -0.2) is 29.5 Å². The Morgan fingerprint density at radius 1 is 1.75 bits per heavy atom. The number of nitrogens with zero attached hydrogens (tertiary/aromatic N) is 2. The van der Waals surface area contributed by atoms with Gasteiger partial charge in [0.05, 0.1) is 0 Å². The van der Waals surface area contributed by atoms with Gasteiger partial charge in [0, 0.05) is 5.38 Å². The summed E-state index contributed by atoms with van der Waals surface area (Å²) in [6.07, 6.45) is 0.484. The number of anilines is 1. The summed E-state index contributed by atoms with van der Waals surface area (Å²) < 4.78 is 0. The number of nitrogens with one attached hydrogen (secondary N) is 1. The fourth-order valence-corrected chi connectivity index (χ4v) is 1.56. The largest absolute Gasteiger partial charge is 0.398 e. The van der Waals surface area contributed by atoms with Crippen LogP contribution in [0, 0.1) is 0 Å². The molecule has 0 spiro atoms. The molecule has 0 radical (unpaired) electrons. The smallest absolute Gasteiger partial charge is 0.276 e. The van der Waals surface area contributed by atoms with E-state index in [1.807, 2.05) is 0 Å². The van der Waals surface area contributed by atoms with E-state index in [1.54, 1.807) is 0 Å². The molecule has 0 aliphatic rings. The molecule has 0 saturated heterocycles. The molecule has 0 atom stereocenters. The van der Waals surface area contributed by atoms with E-state index in [1.165, 1.54) is 12.5 Å². The zero-order chi connectivity index (χ0) is 11.3. The normalized spacial score (nSPS) is 10.2. The van der Waals surface area contributed by atoms with E-state index in [-0.39, 0.29) is 23.8 Å². The van der Waals surface area contributed by atoms with Crippen molar-refractivity contribution >= 4 is 57.8 Å². The van der Waals surface area contributed by atoms with E-state index in [0.717, 1.165) is 11.3 Å². The molecule has 6 nitrogen and oxygen atoms in total. The van der Waals surface area contributed by atoms with E-state index >= 15 is 0 Å². The van der Waals surface area contributed by atoms with Gasteiger partial charge in [0.1, 0.15) is 12.8 Å². The third kappa shape index (κ3) is 3.76. The van der Waals surface area contributed by atoms with Crippen molar-refractivity contribution in [2.45, 2.75) is 0 Å². The van der Waals surface area contributed by atoms with Crippen molar-refractivity contribution in [2.75, 3.05) is 12.4 Å². The summed E-state index contributed by atoms with van der Waals surface area (Å²) in [6, 6.07) is 0. The summed E-state index contributed by atoms with van der Waals surface area (Å²) in [5.41, 5.74) is 0.153. The highest BCUT2D eigenvalue weighted by molar-refractivity contribution is 7.14. The Labute approximate surface area is 106 Å². The molecule has 1 aromatic rings. The lowest BCUT2D eigenvalue weighted by Gasteiger charge is -1.94. The Balaban J connectivity index is 0.00000225. The van der Waals surface area contributed by atoms with Crippen LogP contribution in [0.4, 0.5) is 5.13 Å². The Morgan fingerprint density at radius 3 is 2.94 bits per heavy atom. The fourth-order valence-electron chi connectivity index (χ4n) is 0.774. The van der Waals surface area contributed by atoms with Gasteiger partial charge in [-0.05, 0) is 11.6 Å². The van der Waals surface area contributed by atoms with Crippen molar-refractivity contribution in [1.29, 1.82) is 0 Å². The quantitative estimate of drug-likeness (QED) is 0.382.